The smallest absolute Gasteiger partial charge is 0.182 e. The van der Waals surface area contributed by atoms with Gasteiger partial charge in [0.2, 0.25) is 0 Å². The van der Waals surface area contributed by atoms with E-state index >= 15 is 0 Å². The first kappa shape index (κ1) is 37.4. The number of rotatable bonds is 5. The van der Waals surface area contributed by atoms with Gasteiger partial charge in [-0.3, -0.25) is 4.98 Å². The molecule has 9 aromatic carbocycles. The van der Waals surface area contributed by atoms with E-state index in [0.29, 0.717) is 34.6 Å². The predicted molar refractivity (Wildman–Crippen MR) is 273 cm³/mol. The molecule has 14 rings (SSSR count). The van der Waals surface area contributed by atoms with Gasteiger partial charge in [-0.05, 0) is 96.7 Å². The molecule has 4 heterocycles. The Morgan fingerprint density at radius 2 is 1.00 bits per heavy atom. The Balaban J connectivity index is 0.989. The minimum atomic E-state index is 0.500. The molecule has 0 saturated heterocycles. The van der Waals surface area contributed by atoms with Crippen molar-refractivity contribution in [2.24, 2.45) is 0 Å². The number of pyridine rings is 1. The Hall–Kier alpha value is -8.94. The van der Waals surface area contributed by atoms with Crippen molar-refractivity contribution in [3.63, 3.8) is 0 Å². The second kappa shape index (κ2) is 14.8. The van der Waals surface area contributed by atoms with E-state index in [0.717, 1.165) is 100 Å². The average molecular weight is 857 g/mol. The van der Waals surface area contributed by atoms with Crippen molar-refractivity contribution < 1.29 is 4.42 Å². The van der Waals surface area contributed by atoms with Crippen molar-refractivity contribution in [1.29, 1.82) is 0 Å². The summed E-state index contributed by atoms with van der Waals surface area (Å²) in [6, 6.07) is 61.1. The highest BCUT2D eigenvalue weighted by Crippen LogP contribution is 2.45. The lowest BCUT2D eigenvalue weighted by atomic mass is 9.88. The summed E-state index contributed by atoms with van der Waals surface area (Å²) in [4.78, 5) is 30.9. The molecule has 1 aliphatic carbocycles. The Kier molecular flexibility index (Phi) is 8.27. The summed E-state index contributed by atoms with van der Waals surface area (Å²) in [7, 11) is 0. The first-order valence-electron chi connectivity index (χ1n) is 22.7. The highest BCUT2D eigenvalue weighted by molar-refractivity contribution is 6.30. The number of hydrogen-bond donors (Lipinski definition) is 0. The van der Waals surface area contributed by atoms with Gasteiger partial charge in [-0.2, -0.15) is 0 Å². The number of fused-ring (bicyclic) bond motifs is 14. The molecular weight excluding hydrogens is 821 g/mol. The molecule has 13 aromatic rings. The predicted octanol–water partition coefficient (Wildman–Crippen LogP) is 15.0. The first-order chi connectivity index (χ1) is 33.2. The third-order valence-electron chi connectivity index (χ3n) is 13.4. The van der Waals surface area contributed by atoms with E-state index in [-0.39, 0.29) is 0 Å². The maximum Gasteiger partial charge on any atom is 0.182 e. The standard InChI is InChI=1S/C60H36N6O/c1-3-17-39-37(15-1)33-49(45-23-7-5-19-41(39)45)53-56-54(52-47-25-11-9-21-43(47)44-22-10-12-26-48(44)55(52)67-56)63-57(62-53)35-28-30-36(31-29-35)58-64-59(66-60(65-58)51-27-13-14-32-61-51)50-34-38-16-2-4-18-40(38)42-20-6-8-24-46(42)50/h2-14,16-34H,1,15H2. The van der Waals surface area contributed by atoms with Crippen LogP contribution in [0.1, 0.15) is 17.5 Å². The normalized spacial score (nSPS) is 12.6. The van der Waals surface area contributed by atoms with Crippen LogP contribution >= 0.6 is 0 Å². The molecule has 0 unspecified atom stereocenters. The van der Waals surface area contributed by atoms with Crippen LogP contribution in [-0.2, 0) is 6.42 Å². The summed E-state index contributed by atoms with van der Waals surface area (Å²) >= 11 is 0. The summed E-state index contributed by atoms with van der Waals surface area (Å²) in [5.74, 6) is 2.22. The fourth-order valence-corrected chi connectivity index (χ4v) is 10.3. The molecule has 0 spiro atoms. The largest absolute Gasteiger partial charge is 0.451 e. The fourth-order valence-electron chi connectivity index (χ4n) is 10.3. The minimum absolute atomic E-state index is 0.500. The van der Waals surface area contributed by atoms with Crippen LogP contribution in [0.2, 0.25) is 0 Å². The molecule has 0 aliphatic heterocycles. The van der Waals surface area contributed by atoms with Crippen molar-refractivity contribution in [2.45, 2.75) is 12.8 Å². The Bertz CT molecular complexity index is 4220. The van der Waals surface area contributed by atoms with E-state index in [2.05, 4.69) is 175 Å². The van der Waals surface area contributed by atoms with Crippen LogP contribution in [0.15, 0.2) is 193 Å². The van der Waals surface area contributed by atoms with Crippen molar-refractivity contribution >= 4 is 82.0 Å². The van der Waals surface area contributed by atoms with Crippen LogP contribution < -0.4 is 0 Å². The second-order valence-electron chi connectivity index (χ2n) is 17.2. The number of nitrogens with zero attached hydrogens (tertiary/aromatic N) is 6. The molecule has 0 saturated carbocycles. The summed E-state index contributed by atoms with van der Waals surface area (Å²) in [6.07, 6.45) is 8.26. The van der Waals surface area contributed by atoms with E-state index in [1.54, 1.807) is 6.20 Å². The number of allylic oxidation sites excluding steroid dienone is 1. The summed E-state index contributed by atoms with van der Waals surface area (Å²) in [6.45, 7) is 0. The topological polar surface area (TPSA) is 90.5 Å². The van der Waals surface area contributed by atoms with Crippen LogP contribution in [0.4, 0.5) is 0 Å². The third kappa shape index (κ3) is 5.91. The van der Waals surface area contributed by atoms with Crippen LogP contribution in [0.3, 0.4) is 0 Å². The molecule has 0 radical (unpaired) electrons. The summed E-state index contributed by atoms with van der Waals surface area (Å²) in [5, 5.41) is 12.3. The molecule has 4 aromatic heterocycles. The molecule has 0 atom stereocenters. The highest BCUT2D eigenvalue weighted by Gasteiger charge is 2.25. The van der Waals surface area contributed by atoms with E-state index < -0.39 is 0 Å². The van der Waals surface area contributed by atoms with Gasteiger partial charge in [0.1, 0.15) is 22.5 Å². The van der Waals surface area contributed by atoms with Crippen molar-refractivity contribution in [3.05, 3.63) is 199 Å². The number of furan rings is 1. The van der Waals surface area contributed by atoms with Crippen LogP contribution in [0, 0.1) is 0 Å². The van der Waals surface area contributed by atoms with E-state index in [4.69, 9.17) is 29.3 Å². The number of benzene rings is 9. The molecule has 7 nitrogen and oxygen atoms in total. The monoisotopic (exact) mass is 856 g/mol. The Morgan fingerprint density at radius 3 is 1.75 bits per heavy atom. The lowest BCUT2D eigenvalue weighted by Gasteiger charge is -2.17. The zero-order valence-electron chi connectivity index (χ0n) is 36.0. The molecule has 67 heavy (non-hydrogen) atoms. The fraction of sp³-hybridized carbons (Fsp3) is 0.0333. The molecule has 0 amide bonds. The van der Waals surface area contributed by atoms with Crippen LogP contribution in [0.5, 0.6) is 0 Å². The van der Waals surface area contributed by atoms with Gasteiger partial charge in [-0.15, -0.1) is 0 Å². The van der Waals surface area contributed by atoms with Gasteiger partial charge in [0.15, 0.2) is 28.9 Å². The zero-order valence-corrected chi connectivity index (χ0v) is 36.0. The van der Waals surface area contributed by atoms with Crippen molar-refractivity contribution in [1.82, 2.24) is 29.9 Å². The van der Waals surface area contributed by atoms with Gasteiger partial charge in [0.25, 0.3) is 0 Å². The van der Waals surface area contributed by atoms with Crippen molar-refractivity contribution in [3.8, 4) is 56.9 Å². The van der Waals surface area contributed by atoms with E-state index in [9.17, 15) is 0 Å². The maximum atomic E-state index is 7.10. The van der Waals surface area contributed by atoms with Gasteiger partial charge < -0.3 is 4.42 Å². The van der Waals surface area contributed by atoms with E-state index in [1.807, 2.05) is 18.2 Å². The Labute approximate surface area is 383 Å². The molecule has 1 aliphatic rings. The second-order valence-corrected chi connectivity index (χ2v) is 17.2. The minimum Gasteiger partial charge on any atom is -0.451 e. The lowest BCUT2D eigenvalue weighted by Crippen LogP contribution is -2.02. The van der Waals surface area contributed by atoms with Gasteiger partial charge >= 0.3 is 0 Å². The average Bonchev–Trinajstić information content (AvgIpc) is 3.81. The van der Waals surface area contributed by atoms with Crippen LogP contribution in [-0.4, -0.2) is 29.9 Å². The number of aryl methyl sites for hydroxylation is 1. The quantitative estimate of drug-likeness (QED) is 0.159. The van der Waals surface area contributed by atoms with Crippen LogP contribution in [0.25, 0.3) is 139 Å². The van der Waals surface area contributed by atoms with Crippen molar-refractivity contribution in [2.75, 3.05) is 0 Å². The molecular formula is C60H36N6O. The van der Waals surface area contributed by atoms with Gasteiger partial charge in [0, 0.05) is 33.8 Å². The summed E-state index contributed by atoms with van der Waals surface area (Å²) < 4.78 is 7.10. The molecule has 312 valence electrons. The molecule has 0 N–H and O–H groups in total. The van der Waals surface area contributed by atoms with Gasteiger partial charge in [-0.25, -0.2) is 24.9 Å². The zero-order chi connectivity index (χ0) is 44.0. The SMILES string of the molecule is C1=Cc2c(cc(-c3nc(-c4ccc(-c5nc(-c6ccccn6)nc(-c6cc7ccccc7c7ccccc67)n5)cc4)nc4c3oc3c5ccccc5c5ccccc5c43)c3ccccc23)CC1. The third-order valence-corrected chi connectivity index (χ3v) is 13.4. The number of aromatic nitrogens is 6. The van der Waals surface area contributed by atoms with Gasteiger partial charge in [0.05, 0.1) is 5.39 Å². The molecule has 0 fully saturated rings. The first-order valence-corrected chi connectivity index (χ1v) is 22.7. The number of hydrogen-bond acceptors (Lipinski definition) is 7. The Morgan fingerprint density at radius 1 is 0.418 bits per heavy atom. The molecule has 7 heteroatoms. The van der Waals surface area contributed by atoms with Gasteiger partial charge in [-0.1, -0.05) is 164 Å². The highest BCUT2D eigenvalue weighted by atomic mass is 16.3. The van der Waals surface area contributed by atoms with E-state index in [1.165, 1.54) is 21.9 Å². The maximum absolute atomic E-state index is 7.10. The summed E-state index contributed by atoms with van der Waals surface area (Å²) in [5.41, 5.74) is 9.94. The lowest BCUT2D eigenvalue weighted by molar-refractivity contribution is 0.671. The molecule has 0 bridgehead atoms.